The van der Waals surface area contributed by atoms with Gasteiger partial charge in [-0.05, 0) is 58.7 Å². The van der Waals surface area contributed by atoms with Crippen LogP contribution in [0.15, 0.2) is 10.9 Å². The zero-order chi connectivity index (χ0) is 20.9. The topological polar surface area (TPSA) is 82.8 Å². The van der Waals surface area contributed by atoms with Gasteiger partial charge in [-0.25, -0.2) is 4.98 Å². The Labute approximate surface area is 181 Å². The molecule has 0 spiro atoms. The number of anilines is 1. The lowest BCUT2D eigenvalue weighted by Gasteiger charge is -2.31. The number of rotatable bonds is 6. The van der Waals surface area contributed by atoms with E-state index in [4.69, 9.17) is 0 Å². The molecule has 8 nitrogen and oxygen atoms in total. The molecule has 0 aliphatic carbocycles. The van der Waals surface area contributed by atoms with Crippen molar-refractivity contribution in [3.05, 3.63) is 22.1 Å². The minimum atomic E-state index is -0.157. The van der Waals surface area contributed by atoms with Crippen molar-refractivity contribution in [3.8, 4) is 0 Å². The number of nitrogens with zero attached hydrogens (tertiary/aromatic N) is 5. The van der Waals surface area contributed by atoms with Crippen molar-refractivity contribution in [1.29, 1.82) is 0 Å². The highest BCUT2D eigenvalue weighted by Crippen LogP contribution is 2.27. The molecule has 4 rings (SSSR count). The van der Waals surface area contributed by atoms with E-state index in [2.05, 4.69) is 25.2 Å². The number of likely N-dealkylation sites (tertiary alicyclic amines) is 1. The van der Waals surface area contributed by atoms with E-state index in [9.17, 15) is 9.59 Å². The Bertz CT molecular complexity index is 918. The maximum Gasteiger partial charge on any atom is 0.275 e. The van der Waals surface area contributed by atoms with Gasteiger partial charge >= 0.3 is 0 Å². The minimum Gasteiger partial charge on any atom is -0.356 e. The normalized spacial score (nSPS) is 21.0. The largest absolute Gasteiger partial charge is 0.356 e. The third-order valence-electron chi connectivity index (χ3n) is 6.07. The van der Waals surface area contributed by atoms with Gasteiger partial charge in [0.25, 0.3) is 5.56 Å². The van der Waals surface area contributed by atoms with Gasteiger partial charge < -0.3 is 15.1 Å². The van der Waals surface area contributed by atoms with Crippen molar-refractivity contribution in [2.45, 2.75) is 51.9 Å². The van der Waals surface area contributed by atoms with E-state index in [0.717, 1.165) is 44.0 Å². The standard InChI is InChI=1S/C21H32N6O2S/c1-16-14-18(28)27-20(23-16)30-21(24-27)26-13-6-8-17(15-26)19(29)22-9-7-12-25-10-4-2-3-5-11-25/h14,17H,2-13,15H2,1H3,(H,22,29)/t17-/m0/s1. The Hall–Kier alpha value is -2.00. The number of carbonyl (C=O) groups is 1. The van der Waals surface area contributed by atoms with Gasteiger partial charge in [-0.3, -0.25) is 9.59 Å². The first-order valence-corrected chi connectivity index (χ1v) is 12.0. The second-order valence-electron chi connectivity index (χ2n) is 8.50. The molecule has 4 heterocycles. The summed E-state index contributed by atoms with van der Waals surface area (Å²) >= 11 is 1.41. The molecule has 0 saturated carbocycles. The molecule has 1 atom stereocenters. The predicted molar refractivity (Wildman–Crippen MR) is 119 cm³/mol. The number of fused-ring (bicyclic) bond motifs is 1. The van der Waals surface area contributed by atoms with E-state index in [1.165, 1.54) is 60.7 Å². The van der Waals surface area contributed by atoms with Crippen LogP contribution in [0.1, 0.15) is 50.6 Å². The van der Waals surface area contributed by atoms with Crippen LogP contribution in [-0.4, -0.2) is 64.7 Å². The van der Waals surface area contributed by atoms with Crippen molar-refractivity contribution < 1.29 is 4.79 Å². The molecule has 2 aromatic rings. The first kappa shape index (κ1) is 21.2. The van der Waals surface area contributed by atoms with Crippen LogP contribution >= 0.6 is 11.3 Å². The highest BCUT2D eigenvalue weighted by molar-refractivity contribution is 7.20. The molecule has 2 aromatic heterocycles. The molecule has 2 saturated heterocycles. The highest BCUT2D eigenvalue weighted by Gasteiger charge is 2.27. The highest BCUT2D eigenvalue weighted by atomic mass is 32.1. The smallest absolute Gasteiger partial charge is 0.275 e. The van der Waals surface area contributed by atoms with Crippen LogP contribution in [0.5, 0.6) is 0 Å². The SMILES string of the molecule is Cc1cc(=O)n2nc(N3CCC[C@H](C(=O)NCCCN4CCCCCC4)C3)sc2n1. The number of piperidine rings is 1. The Kier molecular flexibility index (Phi) is 6.99. The maximum absolute atomic E-state index is 12.7. The molecule has 30 heavy (non-hydrogen) atoms. The third-order valence-corrected chi connectivity index (χ3v) is 7.04. The van der Waals surface area contributed by atoms with E-state index < -0.39 is 0 Å². The van der Waals surface area contributed by atoms with Gasteiger partial charge in [0.15, 0.2) is 0 Å². The Morgan fingerprint density at radius 1 is 1.20 bits per heavy atom. The summed E-state index contributed by atoms with van der Waals surface area (Å²) < 4.78 is 1.36. The lowest BCUT2D eigenvalue weighted by atomic mass is 9.97. The molecule has 0 aromatic carbocycles. The molecule has 164 valence electrons. The van der Waals surface area contributed by atoms with Gasteiger partial charge in [-0.1, -0.05) is 24.2 Å². The molecule has 2 aliphatic heterocycles. The Balaban J connectivity index is 1.28. The molecule has 0 bridgehead atoms. The van der Waals surface area contributed by atoms with Crippen molar-refractivity contribution in [3.63, 3.8) is 0 Å². The lowest BCUT2D eigenvalue weighted by molar-refractivity contribution is -0.125. The van der Waals surface area contributed by atoms with E-state index in [1.54, 1.807) is 0 Å². The summed E-state index contributed by atoms with van der Waals surface area (Å²) in [5.74, 6) is 0.109. The quantitative estimate of drug-likeness (QED) is 0.704. The van der Waals surface area contributed by atoms with Crippen molar-refractivity contribution >= 4 is 27.3 Å². The summed E-state index contributed by atoms with van der Waals surface area (Å²) in [7, 11) is 0. The molecule has 1 amide bonds. The second kappa shape index (κ2) is 9.87. The Morgan fingerprint density at radius 2 is 2.00 bits per heavy atom. The number of nitrogens with one attached hydrogen (secondary N) is 1. The van der Waals surface area contributed by atoms with Crippen LogP contribution in [0, 0.1) is 12.8 Å². The molecule has 0 radical (unpaired) electrons. The summed E-state index contributed by atoms with van der Waals surface area (Å²) in [6, 6.07) is 1.49. The summed E-state index contributed by atoms with van der Waals surface area (Å²) in [5, 5.41) is 8.37. The molecular formula is C21H32N6O2S. The fourth-order valence-corrected chi connectivity index (χ4v) is 5.41. The number of aryl methyl sites for hydroxylation is 1. The van der Waals surface area contributed by atoms with Crippen LogP contribution in [0.25, 0.3) is 4.96 Å². The van der Waals surface area contributed by atoms with Gasteiger partial charge in [-0.2, -0.15) is 4.52 Å². The van der Waals surface area contributed by atoms with E-state index in [1.807, 2.05) is 6.92 Å². The first-order valence-electron chi connectivity index (χ1n) is 11.2. The fourth-order valence-electron chi connectivity index (χ4n) is 4.42. The Morgan fingerprint density at radius 3 is 2.80 bits per heavy atom. The number of carbonyl (C=O) groups excluding carboxylic acids is 1. The summed E-state index contributed by atoms with van der Waals surface area (Å²) in [5.41, 5.74) is 0.544. The first-order chi connectivity index (χ1) is 14.6. The molecule has 9 heteroatoms. The van der Waals surface area contributed by atoms with Crippen LogP contribution in [0.2, 0.25) is 0 Å². The minimum absolute atomic E-state index is 0.0321. The van der Waals surface area contributed by atoms with Crippen molar-refractivity contribution in [1.82, 2.24) is 24.8 Å². The lowest BCUT2D eigenvalue weighted by Crippen LogP contribution is -2.43. The van der Waals surface area contributed by atoms with E-state index in [-0.39, 0.29) is 17.4 Å². The third kappa shape index (κ3) is 5.18. The molecular weight excluding hydrogens is 400 g/mol. The molecule has 2 fully saturated rings. The maximum atomic E-state index is 12.7. The van der Waals surface area contributed by atoms with Crippen molar-refractivity contribution in [2.75, 3.05) is 44.2 Å². The number of hydrogen-bond donors (Lipinski definition) is 1. The van der Waals surface area contributed by atoms with Gasteiger partial charge in [0.05, 0.1) is 5.92 Å². The van der Waals surface area contributed by atoms with Gasteiger partial charge in [-0.15, -0.1) is 5.10 Å². The van der Waals surface area contributed by atoms with Crippen LogP contribution in [0.3, 0.4) is 0 Å². The predicted octanol–water partition coefficient (Wildman–Crippen LogP) is 2.06. The summed E-state index contributed by atoms with van der Waals surface area (Å²) in [4.78, 5) is 34.5. The van der Waals surface area contributed by atoms with E-state index >= 15 is 0 Å². The van der Waals surface area contributed by atoms with Gasteiger partial charge in [0.2, 0.25) is 16.0 Å². The molecule has 0 unspecified atom stereocenters. The van der Waals surface area contributed by atoms with Gasteiger partial charge in [0, 0.05) is 31.4 Å². The monoisotopic (exact) mass is 432 g/mol. The second-order valence-corrected chi connectivity index (χ2v) is 9.43. The summed E-state index contributed by atoms with van der Waals surface area (Å²) in [6.07, 6.45) is 8.16. The fraction of sp³-hybridized carbons (Fsp3) is 0.714. The van der Waals surface area contributed by atoms with E-state index in [0.29, 0.717) is 17.2 Å². The zero-order valence-electron chi connectivity index (χ0n) is 17.8. The number of amides is 1. The summed E-state index contributed by atoms with van der Waals surface area (Å²) in [6.45, 7) is 7.53. The molecule has 1 N–H and O–H groups in total. The number of aromatic nitrogens is 3. The van der Waals surface area contributed by atoms with Crippen LogP contribution < -0.4 is 15.8 Å². The van der Waals surface area contributed by atoms with Gasteiger partial charge in [0.1, 0.15) is 0 Å². The van der Waals surface area contributed by atoms with Crippen LogP contribution in [0.4, 0.5) is 5.13 Å². The average Bonchev–Trinajstić information content (AvgIpc) is 3.00. The van der Waals surface area contributed by atoms with Crippen molar-refractivity contribution in [2.24, 2.45) is 5.92 Å². The number of hydrogen-bond acceptors (Lipinski definition) is 7. The van der Waals surface area contributed by atoms with Crippen LogP contribution in [-0.2, 0) is 4.79 Å². The molecule has 2 aliphatic rings. The average molecular weight is 433 g/mol. The zero-order valence-corrected chi connectivity index (χ0v) is 18.6.